The van der Waals surface area contributed by atoms with Crippen molar-refractivity contribution in [2.24, 2.45) is 0 Å². The van der Waals surface area contributed by atoms with Crippen molar-refractivity contribution >= 4 is 23.1 Å². The molecule has 0 aliphatic carbocycles. The highest BCUT2D eigenvalue weighted by molar-refractivity contribution is 7.12. The molecule has 1 saturated heterocycles. The van der Waals surface area contributed by atoms with Crippen LogP contribution in [0.15, 0.2) is 24.4 Å². The molecule has 0 saturated carbocycles. The molecule has 0 bridgehead atoms. The molecule has 3 atom stereocenters. The molecular weight excluding hydrogens is 346 g/mol. The van der Waals surface area contributed by atoms with E-state index in [-0.39, 0.29) is 24.2 Å². The summed E-state index contributed by atoms with van der Waals surface area (Å²) in [5, 5.41) is 3.07. The topological polar surface area (TPSA) is 54.5 Å². The van der Waals surface area contributed by atoms with Crippen LogP contribution in [-0.4, -0.2) is 36.2 Å². The number of carbonyl (C=O) groups is 1. The van der Waals surface area contributed by atoms with Crippen LogP contribution < -0.4 is 10.2 Å². The van der Waals surface area contributed by atoms with Crippen LogP contribution in [0, 0.1) is 13.8 Å². The fraction of sp³-hybridized carbons (Fsp3) is 0.500. The molecule has 1 N–H and O–H groups in total. The summed E-state index contributed by atoms with van der Waals surface area (Å²) >= 11 is 1.76. The summed E-state index contributed by atoms with van der Waals surface area (Å²) in [4.78, 5) is 21.8. The Morgan fingerprint density at radius 1 is 1.31 bits per heavy atom. The van der Waals surface area contributed by atoms with E-state index in [2.05, 4.69) is 49.0 Å². The van der Waals surface area contributed by atoms with Crippen molar-refractivity contribution in [2.45, 2.75) is 52.9 Å². The maximum absolute atomic E-state index is 12.6. The first-order valence-corrected chi connectivity index (χ1v) is 9.89. The van der Waals surface area contributed by atoms with Gasteiger partial charge in [0, 0.05) is 29.0 Å². The number of nitrogens with one attached hydrogen (secondary N) is 1. The standard InChI is InChI=1S/C20H27N3O2S/c1-12-10-23(11-13(2)25-12)19-7-6-17(9-21-19)20(24)22-15(4)18-8-14(3)26-16(18)5/h6-9,12-13,15H,10-11H2,1-5H3,(H,22,24)/t12-,13-,15+/m1/s1. The van der Waals surface area contributed by atoms with E-state index in [9.17, 15) is 4.79 Å². The number of ether oxygens (including phenoxy) is 1. The molecule has 0 aromatic carbocycles. The van der Waals surface area contributed by atoms with E-state index < -0.39 is 0 Å². The molecule has 0 radical (unpaired) electrons. The number of rotatable bonds is 4. The third-order valence-electron chi connectivity index (χ3n) is 4.65. The molecule has 1 amide bonds. The van der Waals surface area contributed by atoms with Crippen LogP contribution in [0.4, 0.5) is 5.82 Å². The Morgan fingerprint density at radius 2 is 2.00 bits per heavy atom. The lowest BCUT2D eigenvalue weighted by molar-refractivity contribution is -0.00546. The Balaban J connectivity index is 1.66. The first-order valence-electron chi connectivity index (χ1n) is 9.07. The molecule has 2 aromatic rings. The molecule has 1 aliphatic rings. The minimum Gasteiger partial charge on any atom is -0.372 e. The Morgan fingerprint density at radius 3 is 2.54 bits per heavy atom. The predicted molar refractivity (Wildman–Crippen MR) is 106 cm³/mol. The maximum Gasteiger partial charge on any atom is 0.253 e. The van der Waals surface area contributed by atoms with Gasteiger partial charge in [-0.05, 0) is 58.4 Å². The monoisotopic (exact) mass is 373 g/mol. The maximum atomic E-state index is 12.6. The number of morpholine rings is 1. The first-order chi connectivity index (χ1) is 12.3. The molecule has 26 heavy (non-hydrogen) atoms. The van der Waals surface area contributed by atoms with Gasteiger partial charge >= 0.3 is 0 Å². The molecule has 3 heterocycles. The summed E-state index contributed by atoms with van der Waals surface area (Å²) in [6, 6.07) is 5.89. The molecule has 5 nitrogen and oxygen atoms in total. The largest absolute Gasteiger partial charge is 0.372 e. The van der Waals surface area contributed by atoms with Gasteiger partial charge in [0.25, 0.3) is 5.91 Å². The van der Waals surface area contributed by atoms with Crippen LogP contribution in [0.25, 0.3) is 0 Å². The number of aryl methyl sites for hydroxylation is 2. The third-order valence-corrected chi connectivity index (χ3v) is 5.63. The first kappa shape index (κ1) is 18.9. The van der Waals surface area contributed by atoms with E-state index in [1.807, 2.05) is 19.1 Å². The van der Waals surface area contributed by atoms with Gasteiger partial charge in [0.2, 0.25) is 0 Å². The van der Waals surface area contributed by atoms with Crippen LogP contribution in [0.3, 0.4) is 0 Å². The second kappa shape index (κ2) is 7.76. The SMILES string of the molecule is Cc1cc([C@H](C)NC(=O)c2ccc(N3C[C@@H](C)O[C@H](C)C3)nc2)c(C)s1. The van der Waals surface area contributed by atoms with Crippen molar-refractivity contribution in [1.29, 1.82) is 0 Å². The third kappa shape index (κ3) is 4.24. The number of anilines is 1. The summed E-state index contributed by atoms with van der Waals surface area (Å²) in [5.41, 5.74) is 1.77. The van der Waals surface area contributed by atoms with Gasteiger partial charge in [-0.2, -0.15) is 0 Å². The van der Waals surface area contributed by atoms with E-state index in [1.165, 1.54) is 15.3 Å². The zero-order valence-electron chi connectivity index (χ0n) is 16.1. The molecular formula is C20H27N3O2S. The lowest BCUT2D eigenvalue weighted by Gasteiger charge is -2.36. The van der Waals surface area contributed by atoms with E-state index in [0.717, 1.165) is 18.9 Å². The minimum atomic E-state index is -0.0940. The van der Waals surface area contributed by atoms with Gasteiger partial charge in [0.15, 0.2) is 0 Å². The van der Waals surface area contributed by atoms with Gasteiger partial charge in [0.05, 0.1) is 23.8 Å². The number of carbonyl (C=O) groups excluding carboxylic acids is 1. The number of pyridine rings is 1. The smallest absolute Gasteiger partial charge is 0.253 e. The normalized spacial score (nSPS) is 21.5. The summed E-state index contributed by atoms with van der Waals surface area (Å²) in [7, 11) is 0. The quantitative estimate of drug-likeness (QED) is 0.884. The highest BCUT2D eigenvalue weighted by Gasteiger charge is 2.23. The average Bonchev–Trinajstić information content (AvgIpc) is 2.92. The molecule has 0 spiro atoms. The number of nitrogens with zero attached hydrogens (tertiary/aromatic N) is 2. The number of aromatic nitrogens is 1. The Labute approximate surface area is 159 Å². The molecule has 6 heteroatoms. The van der Waals surface area contributed by atoms with Crippen LogP contribution in [0.5, 0.6) is 0 Å². The van der Waals surface area contributed by atoms with Crippen molar-refractivity contribution in [3.63, 3.8) is 0 Å². The Hall–Kier alpha value is -1.92. The van der Waals surface area contributed by atoms with Crippen molar-refractivity contribution < 1.29 is 9.53 Å². The van der Waals surface area contributed by atoms with Crippen LogP contribution >= 0.6 is 11.3 Å². The van der Waals surface area contributed by atoms with Crippen LogP contribution in [0.1, 0.15) is 52.5 Å². The lowest BCUT2D eigenvalue weighted by Crippen LogP contribution is -2.45. The van der Waals surface area contributed by atoms with Crippen LogP contribution in [-0.2, 0) is 4.74 Å². The van der Waals surface area contributed by atoms with Gasteiger partial charge in [0.1, 0.15) is 5.82 Å². The number of amides is 1. The summed E-state index contributed by atoms with van der Waals surface area (Å²) in [5.74, 6) is 0.796. The van der Waals surface area contributed by atoms with Crippen molar-refractivity contribution in [3.8, 4) is 0 Å². The zero-order valence-corrected chi connectivity index (χ0v) is 16.9. The number of hydrogen-bond acceptors (Lipinski definition) is 5. The predicted octanol–water partition coefficient (Wildman–Crippen LogP) is 3.86. The summed E-state index contributed by atoms with van der Waals surface area (Å²) in [6.07, 6.45) is 2.02. The second-order valence-corrected chi connectivity index (χ2v) is 8.59. The van der Waals surface area contributed by atoms with Crippen molar-refractivity contribution in [2.75, 3.05) is 18.0 Å². The number of thiophene rings is 1. The Bertz CT molecular complexity index is 762. The Kier molecular flexibility index (Phi) is 5.63. The fourth-order valence-electron chi connectivity index (χ4n) is 3.51. The van der Waals surface area contributed by atoms with Gasteiger partial charge < -0.3 is 15.0 Å². The molecule has 140 valence electrons. The van der Waals surface area contributed by atoms with E-state index in [1.54, 1.807) is 17.5 Å². The van der Waals surface area contributed by atoms with Crippen LogP contribution in [0.2, 0.25) is 0 Å². The number of hydrogen-bond donors (Lipinski definition) is 1. The molecule has 2 aromatic heterocycles. The lowest BCUT2D eigenvalue weighted by atomic mass is 10.1. The zero-order chi connectivity index (χ0) is 18.8. The van der Waals surface area contributed by atoms with E-state index in [4.69, 9.17) is 4.74 Å². The highest BCUT2D eigenvalue weighted by Crippen LogP contribution is 2.26. The minimum absolute atomic E-state index is 0.0203. The molecule has 1 aliphatic heterocycles. The second-order valence-electron chi connectivity index (χ2n) is 7.13. The molecule has 3 rings (SSSR count). The van der Waals surface area contributed by atoms with Crippen molar-refractivity contribution in [3.05, 3.63) is 45.3 Å². The molecule has 1 fully saturated rings. The average molecular weight is 374 g/mol. The van der Waals surface area contributed by atoms with Gasteiger partial charge in [-0.15, -0.1) is 11.3 Å². The van der Waals surface area contributed by atoms with E-state index >= 15 is 0 Å². The van der Waals surface area contributed by atoms with Gasteiger partial charge in [-0.1, -0.05) is 0 Å². The summed E-state index contributed by atoms with van der Waals surface area (Å²) in [6.45, 7) is 12.0. The summed E-state index contributed by atoms with van der Waals surface area (Å²) < 4.78 is 5.76. The van der Waals surface area contributed by atoms with E-state index in [0.29, 0.717) is 5.56 Å². The van der Waals surface area contributed by atoms with Gasteiger partial charge in [-0.25, -0.2) is 4.98 Å². The fourth-order valence-corrected chi connectivity index (χ4v) is 4.53. The highest BCUT2D eigenvalue weighted by atomic mass is 32.1. The molecule has 0 unspecified atom stereocenters. The van der Waals surface area contributed by atoms with Crippen molar-refractivity contribution in [1.82, 2.24) is 10.3 Å². The van der Waals surface area contributed by atoms with Gasteiger partial charge in [-0.3, -0.25) is 4.79 Å².